The highest BCUT2D eigenvalue weighted by atomic mass is 16.2. The molecule has 0 aromatic carbocycles. The third-order valence-electron chi connectivity index (χ3n) is 3.09. The molecule has 1 aliphatic rings. The first-order chi connectivity index (χ1) is 6.46. The highest BCUT2D eigenvalue weighted by Crippen LogP contribution is 2.25. The monoisotopic (exact) mass is 198 g/mol. The minimum absolute atomic E-state index is 0.0695. The topological polar surface area (TPSA) is 32.3 Å². The summed E-state index contributed by atoms with van der Waals surface area (Å²) in [6.45, 7) is 6.84. The molecule has 1 saturated carbocycles. The van der Waals surface area contributed by atoms with Crippen LogP contribution in [0.5, 0.6) is 0 Å². The molecular formula is C11H22N2O. The molecule has 0 unspecified atom stereocenters. The molecule has 82 valence electrons. The van der Waals surface area contributed by atoms with E-state index in [1.165, 1.54) is 12.8 Å². The van der Waals surface area contributed by atoms with Crippen molar-refractivity contribution in [3.8, 4) is 0 Å². The van der Waals surface area contributed by atoms with Gasteiger partial charge >= 0.3 is 0 Å². The maximum atomic E-state index is 11.7. The number of likely N-dealkylation sites (N-methyl/N-ethyl adjacent to an activating group) is 1. The molecule has 0 aliphatic heterocycles. The zero-order chi connectivity index (χ0) is 10.8. The minimum atomic E-state index is 0.0695. The molecular weight excluding hydrogens is 176 g/mol. The number of carbonyl (C=O) groups is 1. The Labute approximate surface area is 86.9 Å². The van der Waals surface area contributed by atoms with E-state index in [0.717, 1.165) is 6.42 Å². The summed E-state index contributed by atoms with van der Waals surface area (Å²) in [6, 6.07) is 0.522. The Kier molecular flexibility index (Phi) is 3.53. The summed E-state index contributed by atoms with van der Waals surface area (Å²) in [6.07, 6.45) is 3.40. The Morgan fingerprint density at radius 2 is 2.07 bits per heavy atom. The third-order valence-corrected chi connectivity index (χ3v) is 3.09. The van der Waals surface area contributed by atoms with Crippen molar-refractivity contribution in [1.82, 2.24) is 10.2 Å². The van der Waals surface area contributed by atoms with E-state index < -0.39 is 0 Å². The number of amides is 1. The molecule has 1 fully saturated rings. The number of hydrogen-bond acceptors (Lipinski definition) is 2. The molecule has 3 heteroatoms. The van der Waals surface area contributed by atoms with Gasteiger partial charge in [-0.3, -0.25) is 4.79 Å². The van der Waals surface area contributed by atoms with Crippen LogP contribution in [0.15, 0.2) is 0 Å². The van der Waals surface area contributed by atoms with Gasteiger partial charge in [-0.05, 0) is 33.1 Å². The van der Waals surface area contributed by atoms with Gasteiger partial charge in [-0.1, -0.05) is 6.92 Å². The normalized spacial score (nSPS) is 16.9. The van der Waals surface area contributed by atoms with Gasteiger partial charge < -0.3 is 10.2 Å². The quantitative estimate of drug-likeness (QED) is 0.724. The molecule has 0 heterocycles. The van der Waals surface area contributed by atoms with Crippen LogP contribution in [-0.2, 0) is 4.79 Å². The lowest BCUT2D eigenvalue weighted by Gasteiger charge is -2.26. The Balaban J connectivity index is 2.26. The van der Waals surface area contributed by atoms with E-state index in [2.05, 4.69) is 26.1 Å². The van der Waals surface area contributed by atoms with E-state index in [-0.39, 0.29) is 11.4 Å². The van der Waals surface area contributed by atoms with E-state index in [1.54, 1.807) is 0 Å². The predicted octanol–water partition coefficient (Wildman–Crippen LogP) is 1.39. The van der Waals surface area contributed by atoms with Gasteiger partial charge in [0.05, 0.1) is 6.54 Å². The smallest absolute Gasteiger partial charge is 0.236 e. The van der Waals surface area contributed by atoms with Crippen LogP contribution in [0.3, 0.4) is 0 Å². The van der Waals surface area contributed by atoms with Gasteiger partial charge in [-0.2, -0.15) is 0 Å². The molecule has 3 nitrogen and oxygen atoms in total. The second-order valence-corrected chi connectivity index (χ2v) is 4.83. The van der Waals surface area contributed by atoms with E-state index in [9.17, 15) is 4.79 Å². The van der Waals surface area contributed by atoms with Crippen LogP contribution in [-0.4, -0.2) is 36.0 Å². The van der Waals surface area contributed by atoms with Crippen LogP contribution >= 0.6 is 0 Å². The van der Waals surface area contributed by atoms with E-state index in [1.807, 2.05) is 11.9 Å². The zero-order valence-corrected chi connectivity index (χ0v) is 9.76. The van der Waals surface area contributed by atoms with Crippen molar-refractivity contribution in [2.45, 2.75) is 51.6 Å². The molecule has 0 bridgehead atoms. The largest absolute Gasteiger partial charge is 0.342 e. The maximum absolute atomic E-state index is 11.7. The second kappa shape index (κ2) is 4.30. The summed E-state index contributed by atoms with van der Waals surface area (Å²) >= 11 is 0. The predicted molar refractivity (Wildman–Crippen MR) is 58.2 cm³/mol. The standard InChI is InChI=1S/C11H22N2O/c1-5-11(2,3)12-8-10(14)13(4)9-6-7-9/h9,12H,5-8H2,1-4H3. The molecule has 1 aliphatic carbocycles. The second-order valence-electron chi connectivity index (χ2n) is 4.83. The van der Waals surface area contributed by atoms with Crippen LogP contribution in [0, 0.1) is 0 Å². The van der Waals surface area contributed by atoms with Crippen LogP contribution in [0.1, 0.15) is 40.0 Å². The molecule has 1 rings (SSSR count). The summed E-state index contributed by atoms with van der Waals surface area (Å²) in [5, 5.41) is 3.28. The van der Waals surface area contributed by atoms with Gasteiger partial charge in [0.1, 0.15) is 0 Å². The van der Waals surface area contributed by atoms with Gasteiger partial charge in [0.25, 0.3) is 0 Å². The number of nitrogens with one attached hydrogen (secondary N) is 1. The fourth-order valence-corrected chi connectivity index (χ4v) is 1.23. The van der Waals surface area contributed by atoms with Crippen LogP contribution < -0.4 is 5.32 Å². The molecule has 0 atom stereocenters. The first-order valence-corrected chi connectivity index (χ1v) is 5.47. The van der Waals surface area contributed by atoms with Crippen LogP contribution in [0.25, 0.3) is 0 Å². The van der Waals surface area contributed by atoms with E-state index >= 15 is 0 Å². The lowest BCUT2D eigenvalue weighted by molar-refractivity contribution is -0.129. The van der Waals surface area contributed by atoms with Gasteiger partial charge in [0.15, 0.2) is 0 Å². The third kappa shape index (κ3) is 3.29. The summed E-state index contributed by atoms with van der Waals surface area (Å²) in [7, 11) is 1.90. The fraction of sp³-hybridized carbons (Fsp3) is 0.909. The van der Waals surface area contributed by atoms with Crippen molar-refractivity contribution in [2.24, 2.45) is 0 Å². The van der Waals surface area contributed by atoms with Gasteiger partial charge in [0, 0.05) is 18.6 Å². The number of carbonyl (C=O) groups excluding carboxylic acids is 1. The first-order valence-electron chi connectivity index (χ1n) is 5.47. The maximum Gasteiger partial charge on any atom is 0.236 e. The molecule has 1 amide bonds. The van der Waals surface area contributed by atoms with Gasteiger partial charge in [-0.25, -0.2) is 0 Å². The Morgan fingerprint density at radius 1 is 1.50 bits per heavy atom. The molecule has 0 aromatic heterocycles. The van der Waals surface area contributed by atoms with Crippen molar-refractivity contribution in [3.05, 3.63) is 0 Å². The average molecular weight is 198 g/mol. The Hall–Kier alpha value is -0.570. The lowest BCUT2D eigenvalue weighted by Crippen LogP contribution is -2.45. The van der Waals surface area contributed by atoms with Crippen LogP contribution in [0.4, 0.5) is 0 Å². The first kappa shape index (κ1) is 11.5. The lowest BCUT2D eigenvalue weighted by atomic mass is 10.0. The fourth-order valence-electron chi connectivity index (χ4n) is 1.23. The van der Waals surface area contributed by atoms with Crippen molar-refractivity contribution < 1.29 is 4.79 Å². The van der Waals surface area contributed by atoms with Crippen molar-refractivity contribution >= 4 is 5.91 Å². The summed E-state index contributed by atoms with van der Waals surface area (Å²) in [4.78, 5) is 13.5. The Morgan fingerprint density at radius 3 is 2.50 bits per heavy atom. The minimum Gasteiger partial charge on any atom is -0.342 e. The highest BCUT2D eigenvalue weighted by molar-refractivity contribution is 5.78. The summed E-state index contributed by atoms with van der Waals surface area (Å²) in [5.41, 5.74) is 0.0695. The van der Waals surface area contributed by atoms with Crippen LogP contribution in [0.2, 0.25) is 0 Å². The Bertz CT molecular complexity index is 209. The molecule has 0 radical (unpaired) electrons. The van der Waals surface area contributed by atoms with E-state index in [0.29, 0.717) is 12.6 Å². The average Bonchev–Trinajstić information content (AvgIpc) is 2.96. The molecule has 0 spiro atoms. The SMILES string of the molecule is CCC(C)(C)NCC(=O)N(C)C1CC1. The number of rotatable bonds is 5. The molecule has 14 heavy (non-hydrogen) atoms. The number of hydrogen-bond donors (Lipinski definition) is 1. The molecule has 1 N–H and O–H groups in total. The molecule has 0 aromatic rings. The number of nitrogens with zero attached hydrogens (tertiary/aromatic N) is 1. The van der Waals surface area contributed by atoms with E-state index in [4.69, 9.17) is 0 Å². The summed E-state index contributed by atoms with van der Waals surface area (Å²) in [5.74, 6) is 0.217. The van der Waals surface area contributed by atoms with Crippen molar-refractivity contribution in [1.29, 1.82) is 0 Å². The summed E-state index contributed by atoms with van der Waals surface area (Å²) < 4.78 is 0. The van der Waals surface area contributed by atoms with Gasteiger partial charge in [0.2, 0.25) is 5.91 Å². The highest BCUT2D eigenvalue weighted by Gasteiger charge is 2.29. The molecule has 0 saturated heterocycles. The van der Waals surface area contributed by atoms with Gasteiger partial charge in [-0.15, -0.1) is 0 Å². The van der Waals surface area contributed by atoms with Crippen molar-refractivity contribution in [2.75, 3.05) is 13.6 Å². The zero-order valence-electron chi connectivity index (χ0n) is 9.76. The van der Waals surface area contributed by atoms with Crippen molar-refractivity contribution in [3.63, 3.8) is 0 Å².